The molecular weight excluding hydrogens is 801 g/mol. The molecule has 5 amide bonds. The summed E-state index contributed by atoms with van der Waals surface area (Å²) in [6.07, 6.45) is 34.5. The van der Waals surface area contributed by atoms with Gasteiger partial charge in [0.05, 0.1) is 0 Å². The zero-order chi connectivity index (χ0) is 47.3. The highest BCUT2D eigenvalue weighted by Crippen LogP contribution is 2.21. The van der Waals surface area contributed by atoms with Gasteiger partial charge in [0.25, 0.3) is 0 Å². The lowest BCUT2D eigenvalue weighted by atomic mass is 9.93. The summed E-state index contributed by atoms with van der Waals surface area (Å²) in [5, 5.41) is 15.3. The van der Waals surface area contributed by atoms with Gasteiger partial charge in [-0.1, -0.05) is 156 Å². The summed E-state index contributed by atoms with van der Waals surface area (Å²) < 4.78 is 0. The van der Waals surface area contributed by atoms with Crippen molar-refractivity contribution >= 4 is 29.5 Å². The fraction of sp³-hybridized carbons (Fsp3) is 0.906. The summed E-state index contributed by atoms with van der Waals surface area (Å²) in [5.74, 6) is 0.107. The Morgan fingerprint density at radius 1 is 0.375 bits per heavy atom. The van der Waals surface area contributed by atoms with Crippen LogP contribution in [0.2, 0.25) is 0 Å². The molecule has 0 radical (unpaired) electrons. The van der Waals surface area contributed by atoms with Gasteiger partial charge in [0, 0.05) is 63.3 Å². The van der Waals surface area contributed by atoms with E-state index in [1.165, 1.54) is 103 Å². The number of unbranched alkanes of at least 4 members (excludes halogenated alkanes) is 20. The number of amides is 5. The van der Waals surface area contributed by atoms with E-state index in [9.17, 15) is 24.0 Å². The van der Waals surface area contributed by atoms with Crippen molar-refractivity contribution in [3.8, 4) is 0 Å². The van der Waals surface area contributed by atoms with Gasteiger partial charge in [0.15, 0.2) is 0 Å². The molecule has 0 fully saturated rings. The van der Waals surface area contributed by atoms with Crippen molar-refractivity contribution in [1.29, 1.82) is 0 Å². The SMILES string of the molecule is CCCCCCCCC(CCCCCC)C(=O)NCCCCCNC(=O)CC(CC(=O)NCCCCCNC(=O)C(CCCCCC)CCCCCCCC)NC(=O)CCCN(C)C. The Bertz CT molecular complexity index is 1060. The monoisotopic (exact) mass is 905 g/mol. The molecule has 376 valence electrons. The largest absolute Gasteiger partial charge is 0.356 e. The number of carbonyl (C=O) groups excluding carboxylic acids is 5. The highest BCUT2D eigenvalue weighted by molar-refractivity contribution is 5.83. The van der Waals surface area contributed by atoms with E-state index in [2.05, 4.69) is 54.3 Å². The molecule has 0 heterocycles. The maximum atomic E-state index is 13.1. The van der Waals surface area contributed by atoms with Crippen LogP contribution in [0.25, 0.3) is 0 Å². The van der Waals surface area contributed by atoms with Crippen LogP contribution in [0.1, 0.15) is 246 Å². The van der Waals surface area contributed by atoms with Crippen LogP contribution in [0.15, 0.2) is 0 Å². The van der Waals surface area contributed by atoms with Crippen LogP contribution in [0.4, 0.5) is 0 Å². The Morgan fingerprint density at radius 2 is 0.688 bits per heavy atom. The van der Waals surface area contributed by atoms with Gasteiger partial charge in [0.2, 0.25) is 29.5 Å². The fourth-order valence-electron chi connectivity index (χ4n) is 8.43. The van der Waals surface area contributed by atoms with Gasteiger partial charge in [-0.05, 0) is 91.3 Å². The summed E-state index contributed by atoms with van der Waals surface area (Å²) in [6, 6.07) is -0.588. The van der Waals surface area contributed by atoms with Gasteiger partial charge in [-0.2, -0.15) is 0 Å². The van der Waals surface area contributed by atoms with Crippen molar-refractivity contribution in [3.05, 3.63) is 0 Å². The van der Waals surface area contributed by atoms with Crippen molar-refractivity contribution in [1.82, 2.24) is 31.5 Å². The van der Waals surface area contributed by atoms with E-state index >= 15 is 0 Å². The minimum absolute atomic E-state index is 0.0410. The molecule has 0 aliphatic carbocycles. The third kappa shape index (κ3) is 39.7. The number of hydrogen-bond acceptors (Lipinski definition) is 6. The molecule has 0 aliphatic heterocycles. The lowest BCUT2D eigenvalue weighted by molar-refractivity contribution is -0.127. The molecule has 5 N–H and O–H groups in total. The molecule has 0 aromatic heterocycles. The molecular formula is C53H104N6O5. The molecule has 0 saturated carbocycles. The lowest BCUT2D eigenvalue weighted by Gasteiger charge is -2.19. The quantitative estimate of drug-likeness (QED) is 0.0384. The van der Waals surface area contributed by atoms with E-state index in [-0.39, 0.29) is 54.2 Å². The van der Waals surface area contributed by atoms with Crippen LogP contribution in [-0.4, -0.2) is 87.3 Å². The predicted octanol–water partition coefficient (Wildman–Crippen LogP) is 11.1. The summed E-state index contributed by atoms with van der Waals surface area (Å²) in [5.41, 5.74) is 0. The Labute approximate surface area is 394 Å². The fourth-order valence-corrected chi connectivity index (χ4v) is 8.43. The van der Waals surface area contributed by atoms with Crippen molar-refractivity contribution in [2.45, 2.75) is 252 Å². The lowest BCUT2D eigenvalue weighted by Crippen LogP contribution is -2.42. The van der Waals surface area contributed by atoms with Gasteiger partial charge in [-0.3, -0.25) is 24.0 Å². The molecule has 2 unspecified atom stereocenters. The normalized spacial score (nSPS) is 12.7. The molecule has 0 bridgehead atoms. The van der Waals surface area contributed by atoms with Gasteiger partial charge in [-0.25, -0.2) is 0 Å². The zero-order valence-corrected chi connectivity index (χ0v) is 42.8. The van der Waals surface area contributed by atoms with E-state index in [4.69, 9.17) is 0 Å². The van der Waals surface area contributed by atoms with E-state index in [0.29, 0.717) is 39.0 Å². The molecule has 11 heteroatoms. The van der Waals surface area contributed by atoms with Crippen LogP contribution in [0.5, 0.6) is 0 Å². The summed E-state index contributed by atoms with van der Waals surface area (Å²) in [4.78, 5) is 67.0. The standard InChI is InChI=1S/C53H104N6O5/c1-7-11-15-19-21-27-36-46(34-25-17-13-9-3)52(63)56-41-31-23-29-39-54-50(61)44-48(58-49(60)38-33-43-59(5)6)45-51(62)55-40-30-24-32-42-57-53(64)47(35-26-18-14-10-4)37-28-22-20-16-12-8-2/h46-48H,7-45H2,1-6H3,(H,54,61)(H,55,62)(H,56,63)(H,57,64)(H,58,60). The molecule has 64 heavy (non-hydrogen) atoms. The average molecular weight is 905 g/mol. The number of nitrogens with one attached hydrogen (secondary N) is 5. The number of nitrogens with zero attached hydrogens (tertiary/aromatic N) is 1. The molecule has 0 aromatic carbocycles. The van der Waals surface area contributed by atoms with Gasteiger partial charge < -0.3 is 31.5 Å². The molecule has 0 aromatic rings. The average Bonchev–Trinajstić information content (AvgIpc) is 3.26. The number of carbonyl (C=O) groups is 5. The van der Waals surface area contributed by atoms with Crippen LogP contribution < -0.4 is 26.6 Å². The molecule has 11 nitrogen and oxygen atoms in total. The Morgan fingerprint density at radius 3 is 1.05 bits per heavy atom. The van der Waals surface area contributed by atoms with Gasteiger partial charge >= 0.3 is 0 Å². The smallest absolute Gasteiger partial charge is 0.223 e. The third-order valence-corrected chi connectivity index (χ3v) is 12.6. The van der Waals surface area contributed by atoms with Crippen molar-refractivity contribution in [2.75, 3.05) is 46.8 Å². The maximum Gasteiger partial charge on any atom is 0.223 e. The molecule has 0 spiro atoms. The van der Waals surface area contributed by atoms with Crippen molar-refractivity contribution < 1.29 is 24.0 Å². The highest BCUT2D eigenvalue weighted by Gasteiger charge is 2.21. The van der Waals surface area contributed by atoms with Crippen LogP contribution in [0, 0.1) is 11.8 Å². The molecule has 0 saturated heterocycles. The highest BCUT2D eigenvalue weighted by atomic mass is 16.2. The van der Waals surface area contributed by atoms with Crippen LogP contribution >= 0.6 is 0 Å². The van der Waals surface area contributed by atoms with Gasteiger partial charge in [-0.15, -0.1) is 0 Å². The summed E-state index contributed by atoms with van der Waals surface area (Å²) in [6.45, 7) is 12.0. The maximum absolute atomic E-state index is 13.1. The third-order valence-electron chi connectivity index (χ3n) is 12.6. The van der Waals surface area contributed by atoms with Crippen LogP contribution in [0.3, 0.4) is 0 Å². The molecule has 0 aliphatic rings. The van der Waals surface area contributed by atoms with E-state index in [1.807, 2.05) is 19.0 Å². The first kappa shape index (κ1) is 61.3. The number of rotatable bonds is 47. The van der Waals surface area contributed by atoms with Crippen LogP contribution in [-0.2, 0) is 24.0 Å². The second-order valence-electron chi connectivity index (χ2n) is 19.2. The first-order chi connectivity index (χ1) is 31.1. The van der Waals surface area contributed by atoms with E-state index in [0.717, 1.165) is 96.4 Å². The second-order valence-corrected chi connectivity index (χ2v) is 19.2. The topological polar surface area (TPSA) is 149 Å². The van der Waals surface area contributed by atoms with E-state index < -0.39 is 6.04 Å². The Balaban J connectivity index is 4.72. The summed E-state index contributed by atoms with van der Waals surface area (Å²) >= 11 is 0. The van der Waals surface area contributed by atoms with E-state index in [1.54, 1.807) is 0 Å². The first-order valence-corrected chi connectivity index (χ1v) is 27.1. The van der Waals surface area contributed by atoms with Crippen molar-refractivity contribution in [3.63, 3.8) is 0 Å². The first-order valence-electron chi connectivity index (χ1n) is 27.1. The molecule has 2 atom stereocenters. The zero-order valence-electron chi connectivity index (χ0n) is 42.8. The Hall–Kier alpha value is -2.69. The molecule has 0 rings (SSSR count). The summed E-state index contributed by atoms with van der Waals surface area (Å²) in [7, 11) is 3.93. The number of hydrogen-bond donors (Lipinski definition) is 5. The van der Waals surface area contributed by atoms with Crippen molar-refractivity contribution in [2.24, 2.45) is 11.8 Å². The predicted molar refractivity (Wildman–Crippen MR) is 269 cm³/mol. The minimum atomic E-state index is -0.588. The second kappa shape index (κ2) is 45.5. The Kier molecular flexibility index (Phi) is 43.6. The minimum Gasteiger partial charge on any atom is -0.356 e. The van der Waals surface area contributed by atoms with Gasteiger partial charge in [0.1, 0.15) is 0 Å².